The standard InChI is InChI=1S/C11H13FO/c1-2-6-10(12)11(13)9-7-4-3-5-8-9/h3-5,7-8,10H,2,6H2,1H3/t10-/m1/s1. The van der Waals surface area contributed by atoms with E-state index in [4.69, 9.17) is 0 Å². The first-order valence-corrected chi connectivity index (χ1v) is 4.49. The Balaban J connectivity index is 2.68. The van der Waals surface area contributed by atoms with Gasteiger partial charge in [0.15, 0.2) is 12.0 Å². The molecule has 0 heterocycles. The monoisotopic (exact) mass is 180 g/mol. The van der Waals surface area contributed by atoms with E-state index in [0.29, 0.717) is 18.4 Å². The molecule has 0 aliphatic carbocycles. The molecule has 0 saturated carbocycles. The first-order chi connectivity index (χ1) is 6.25. The fourth-order valence-electron chi connectivity index (χ4n) is 1.17. The van der Waals surface area contributed by atoms with Crippen molar-refractivity contribution in [1.82, 2.24) is 0 Å². The maximum absolute atomic E-state index is 13.1. The predicted octanol–water partition coefficient (Wildman–Crippen LogP) is 3.01. The Morgan fingerprint density at radius 2 is 2.00 bits per heavy atom. The molecule has 1 aromatic rings. The van der Waals surface area contributed by atoms with Crippen LogP contribution in [-0.4, -0.2) is 12.0 Å². The summed E-state index contributed by atoms with van der Waals surface area (Å²) < 4.78 is 13.1. The number of carbonyl (C=O) groups excluding carboxylic acids is 1. The van der Waals surface area contributed by atoms with Gasteiger partial charge in [-0.15, -0.1) is 0 Å². The van der Waals surface area contributed by atoms with Crippen molar-refractivity contribution < 1.29 is 9.18 Å². The summed E-state index contributed by atoms with van der Waals surface area (Å²) in [6, 6.07) is 8.58. The van der Waals surface area contributed by atoms with Crippen LogP contribution in [0.3, 0.4) is 0 Å². The molecule has 2 heteroatoms. The molecular weight excluding hydrogens is 167 g/mol. The highest BCUT2D eigenvalue weighted by molar-refractivity contribution is 5.99. The second-order valence-electron chi connectivity index (χ2n) is 2.99. The summed E-state index contributed by atoms with van der Waals surface area (Å²) in [5.74, 6) is -0.401. The largest absolute Gasteiger partial charge is 0.291 e. The van der Waals surface area contributed by atoms with Gasteiger partial charge in [-0.25, -0.2) is 4.39 Å². The van der Waals surface area contributed by atoms with Crippen LogP contribution in [-0.2, 0) is 0 Å². The number of hydrogen-bond acceptors (Lipinski definition) is 1. The first kappa shape index (κ1) is 9.90. The van der Waals surface area contributed by atoms with Gasteiger partial charge in [0, 0.05) is 5.56 Å². The van der Waals surface area contributed by atoms with Gasteiger partial charge in [-0.3, -0.25) is 4.79 Å². The van der Waals surface area contributed by atoms with Crippen LogP contribution in [0, 0.1) is 0 Å². The van der Waals surface area contributed by atoms with Crippen LogP contribution in [0.1, 0.15) is 30.1 Å². The molecule has 0 aromatic heterocycles. The smallest absolute Gasteiger partial charge is 0.196 e. The van der Waals surface area contributed by atoms with Crippen molar-refractivity contribution in [2.45, 2.75) is 25.9 Å². The van der Waals surface area contributed by atoms with E-state index in [2.05, 4.69) is 0 Å². The molecule has 1 nitrogen and oxygen atoms in total. The lowest BCUT2D eigenvalue weighted by atomic mass is 10.0. The van der Waals surface area contributed by atoms with Gasteiger partial charge in [0.25, 0.3) is 0 Å². The number of benzene rings is 1. The van der Waals surface area contributed by atoms with Crippen molar-refractivity contribution in [3.8, 4) is 0 Å². The van der Waals surface area contributed by atoms with Gasteiger partial charge in [-0.1, -0.05) is 43.7 Å². The number of halogens is 1. The van der Waals surface area contributed by atoms with Gasteiger partial charge < -0.3 is 0 Å². The van der Waals surface area contributed by atoms with Crippen molar-refractivity contribution in [3.63, 3.8) is 0 Å². The van der Waals surface area contributed by atoms with Crippen molar-refractivity contribution in [2.24, 2.45) is 0 Å². The average Bonchev–Trinajstić information content (AvgIpc) is 2.18. The normalized spacial score (nSPS) is 12.5. The van der Waals surface area contributed by atoms with Crippen LogP contribution in [0.5, 0.6) is 0 Å². The topological polar surface area (TPSA) is 17.1 Å². The summed E-state index contributed by atoms with van der Waals surface area (Å²) in [7, 11) is 0. The summed E-state index contributed by atoms with van der Waals surface area (Å²) >= 11 is 0. The maximum Gasteiger partial charge on any atom is 0.196 e. The summed E-state index contributed by atoms with van der Waals surface area (Å²) in [5, 5.41) is 0. The van der Waals surface area contributed by atoms with Crippen LogP contribution in [0.2, 0.25) is 0 Å². The molecule has 0 aliphatic heterocycles. The van der Waals surface area contributed by atoms with E-state index in [1.54, 1.807) is 24.3 Å². The predicted molar refractivity (Wildman–Crippen MR) is 50.6 cm³/mol. The minimum Gasteiger partial charge on any atom is -0.291 e. The number of carbonyl (C=O) groups is 1. The highest BCUT2D eigenvalue weighted by atomic mass is 19.1. The second kappa shape index (κ2) is 4.75. The van der Waals surface area contributed by atoms with Crippen molar-refractivity contribution in [3.05, 3.63) is 35.9 Å². The molecule has 1 atom stereocenters. The van der Waals surface area contributed by atoms with Gasteiger partial charge >= 0.3 is 0 Å². The SMILES string of the molecule is CCC[C@@H](F)C(=O)c1ccccc1. The maximum atomic E-state index is 13.1. The molecule has 0 fully saturated rings. The zero-order chi connectivity index (χ0) is 9.68. The Kier molecular flexibility index (Phi) is 3.62. The van der Waals surface area contributed by atoms with Gasteiger partial charge in [-0.2, -0.15) is 0 Å². The molecule has 1 rings (SSSR count). The van der Waals surface area contributed by atoms with Gasteiger partial charge in [-0.05, 0) is 6.42 Å². The molecule has 0 spiro atoms. The Bertz CT molecular complexity index is 269. The minimum atomic E-state index is -1.34. The van der Waals surface area contributed by atoms with Gasteiger partial charge in [0.2, 0.25) is 0 Å². The molecule has 0 N–H and O–H groups in total. The van der Waals surface area contributed by atoms with Crippen molar-refractivity contribution >= 4 is 5.78 Å². The molecular formula is C11H13FO. The molecule has 1 aromatic carbocycles. The number of ketones is 1. The van der Waals surface area contributed by atoms with Crippen LogP contribution in [0.15, 0.2) is 30.3 Å². The highest BCUT2D eigenvalue weighted by Crippen LogP contribution is 2.10. The summed E-state index contributed by atoms with van der Waals surface area (Å²) in [4.78, 5) is 11.4. The van der Waals surface area contributed by atoms with E-state index in [1.807, 2.05) is 13.0 Å². The van der Waals surface area contributed by atoms with Crippen LogP contribution < -0.4 is 0 Å². The zero-order valence-corrected chi connectivity index (χ0v) is 7.66. The first-order valence-electron chi connectivity index (χ1n) is 4.49. The lowest BCUT2D eigenvalue weighted by Crippen LogP contribution is -2.15. The van der Waals surface area contributed by atoms with Crippen LogP contribution >= 0.6 is 0 Å². The van der Waals surface area contributed by atoms with E-state index < -0.39 is 12.0 Å². The van der Waals surface area contributed by atoms with E-state index in [-0.39, 0.29) is 0 Å². The molecule has 13 heavy (non-hydrogen) atoms. The number of Topliss-reactive ketones (excluding diaryl/α,β-unsaturated/α-hetero) is 1. The summed E-state index contributed by atoms with van der Waals surface area (Å²) in [5.41, 5.74) is 0.462. The van der Waals surface area contributed by atoms with E-state index >= 15 is 0 Å². The van der Waals surface area contributed by atoms with Crippen molar-refractivity contribution in [2.75, 3.05) is 0 Å². The molecule has 0 aliphatic rings. The third-order valence-electron chi connectivity index (χ3n) is 1.88. The Hall–Kier alpha value is -1.18. The Morgan fingerprint density at radius 3 is 2.54 bits per heavy atom. The molecule has 0 unspecified atom stereocenters. The Morgan fingerprint density at radius 1 is 1.38 bits per heavy atom. The quantitative estimate of drug-likeness (QED) is 0.651. The summed E-state index contributed by atoms with van der Waals surface area (Å²) in [6.07, 6.45) is -0.333. The number of alkyl halides is 1. The summed E-state index contributed by atoms with van der Waals surface area (Å²) in [6.45, 7) is 1.87. The third kappa shape index (κ3) is 2.65. The van der Waals surface area contributed by atoms with E-state index in [9.17, 15) is 9.18 Å². The van der Waals surface area contributed by atoms with Crippen molar-refractivity contribution in [1.29, 1.82) is 0 Å². The van der Waals surface area contributed by atoms with Crippen LogP contribution in [0.4, 0.5) is 4.39 Å². The third-order valence-corrected chi connectivity index (χ3v) is 1.88. The zero-order valence-electron chi connectivity index (χ0n) is 7.66. The lowest BCUT2D eigenvalue weighted by Gasteiger charge is -2.04. The molecule has 0 amide bonds. The average molecular weight is 180 g/mol. The molecule has 0 saturated heterocycles. The van der Waals surface area contributed by atoms with E-state index in [0.717, 1.165) is 0 Å². The number of hydrogen-bond donors (Lipinski definition) is 0. The second-order valence-corrected chi connectivity index (χ2v) is 2.99. The molecule has 0 bridgehead atoms. The molecule has 70 valence electrons. The van der Waals surface area contributed by atoms with E-state index in [1.165, 1.54) is 0 Å². The Labute approximate surface area is 77.6 Å². The fourth-order valence-corrected chi connectivity index (χ4v) is 1.17. The molecule has 0 radical (unpaired) electrons. The highest BCUT2D eigenvalue weighted by Gasteiger charge is 2.17. The van der Waals surface area contributed by atoms with Crippen LogP contribution in [0.25, 0.3) is 0 Å². The minimum absolute atomic E-state index is 0.313. The number of rotatable bonds is 4. The lowest BCUT2D eigenvalue weighted by molar-refractivity contribution is 0.0868. The van der Waals surface area contributed by atoms with Gasteiger partial charge in [0.1, 0.15) is 0 Å². The van der Waals surface area contributed by atoms with Gasteiger partial charge in [0.05, 0.1) is 0 Å². The fraction of sp³-hybridized carbons (Fsp3) is 0.364.